The van der Waals surface area contributed by atoms with Gasteiger partial charge in [0, 0.05) is 6.92 Å². The van der Waals surface area contributed by atoms with Crippen molar-refractivity contribution < 1.29 is 9.53 Å². The van der Waals surface area contributed by atoms with Crippen LogP contribution in [0.4, 0.5) is 0 Å². The Balaban J connectivity index is -0.000000000658. The van der Waals surface area contributed by atoms with Crippen molar-refractivity contribution in [2.45, 2.75) is 13.8 Å². The van der Waals surface area contributed by atoms with Gasteiger partial charge in [-0.1, -0.05) is 0 Å². The maximum absolute atomic E-state index is 9.82. The zero-order valence-corrected chi connectivity index (χ0v) is 28.5. The number of carbonyl (C=O) groups is 1. The molecule has 0 amide bonds. The van der Waals surface area contributed by atoms with Crippen LogP contribution in [0.15, 0.2) is 0 Å². The molecule has 0 spiro atoms. The SMILES string of the molecule is CCOC(C)=O.Cl.Cl.Cl.Cl.Cl.Cl.Cl.Cl.Cl.Cl.Cl.Cl.Cl.Cl.Cl.Cl.Cl.Cl.Cl.Cl. The zero-order valence-electron chi connectivity index (χ0n) is 12.2. The van der Waals surface area contributed by atoms with Crippen LogP contribution in [0.3, 0.4) is 0 Å². The summed E-state index contributed by atoms with van der Waals surface area (Å²) in [5, 5.41) is 0. The highest BCUT2D eigenvalue weighted by Gasteiger charge is 1.81. The van der Waals surface area contributed by atoms with Gasteiger partial charge in [0.15, 0.2) is 0 Å². The Bertz CT molecular complexity index is 69.8. The van der Waals surface area contributed by atoms with Crippen molar-refractivity contribution in [3.63, 3.8) is 0 Å². The van der Waals surface area contributed by atoms with Gasteiger partial charge in [0.2, 0.25) is 0 Å². The van der Waals surface area contributed by atoms with Crippen LogP contribution < -0.4 is 0 Å². The fraction of sp³-hybridized carbons (Fsp3) is 0.750. The first kappa shape index (κ1) is 272. The van der Waals surface area contributed by atoms with Crippen LogP contribution in [0.2, 0.25) is 0 Å². The van der Waals surface area contributed by atoms with Gasteiger partial charge in [-0.2, -0.15) is 0 Å². The zero-order chi connectivity index (χ0) is 4.99. The molecule has 0 aromatic carbocycles. The number of hydrogen-bond acceptors (Lipinski definition) is 2. The van der Waals surface area contributed by atoms with Crippen molar-refractivity contribution in [2.75, 3.05) is 6.61 Å². The maximum Gasteiger partial charge on any atom is 0.302 e. The largest absolute Gasteiger partial charge is 0.466 e. The minimum Gasteiger partial charge on any atom is -0.466 e. The number of ether oxygens (including phenoxy) is 1. The first-order valence-electron chi connectivity index (χ1n) is 1.90. The Hall–Kier alpha value is 5.27. The van der Waals surface area contributed by atoms with Gasteiger partial charge < -0.3 is 4.74 Å². The van der Waals surface area contributed by atoms with Crippen LogP contribution in [0.1, 0.15) is 13.8 Å². The standard InChI is InChI=1S/C4H8O2.20ClH/c1-3-6-4(2)5;;;;;;;;;;;;;;;;;;;;/h3H2,1-2H3;20*1H. The molecule has 0 saturated carbocycles. The average Bonchev–Trinajstić information content (AvgIpc) is 1.35. The van der Waals surface area contributed by atoms with Crippen molar-refractivity contribution in [1.29, 1.82) is 0 Å². The number of rotatable bonds is 1. The number of esters is 1. The Morgan fingerprint density at radius 3 is 0.577 bits per heavy atom. The van der Waals surface area contributed by atoms with E-state index in [0.717, 1.165) is 0 Å². The molecule has 0 heterocycles. The minimum absolute atomic E-state index is 0. The molecular formula is C4H28Cl20O2. The second kappa shape index (κ2) is 246. The van der Waals surface area contributed by atoms with Gasteiger partial charge in [-0.3, -0.25) is 4.79 Å². The van der Waals surface area contributed by atoms with E-state index in [0.29, 0.717) is 6.61 Å². The molecule has 0 aliphatic rings. The quantitative estimate of drug-likeness (QED) is 0.247. The monoisotopic (exact) mass is 808 g/mol. The molecule has 0 N–H and O–H groups in total. The van der Waals surface area contributed by atoms with Gasteiger partial charge in [0.05, 0.1) is 6.61 Å². The van der Waals surface area contributed by atoms with Crippen molar-refractivity contribution >= 4 is 254 Å². The van der Waals surface area contributed by atoms with Crippen molar-refractivity contribution in [3.8, 4) is 0 Å². The molecule has 22 heteroatoms. The second-order valence-electron chi connectivity index (χ2n) is 0.925. The second-order valence-corrected chi connectivity index (χ2v) is 0.925. The molecular weight excluding hydrogens is 789 g/mol. The number of carbonyl (C=O) groups excluding carboxylic acids is 1. The molecule has 0 unspecified atom stereocenters. The molecule has 0 aliphatic heterocycles. The van der Waals surface area contributed by atoms with Crippen molar-refractivity contribution in [2.24, 2.45) is 0 Å². The third-order valence-electron chi connectivity index (χ3n) is 0.348. The van der Waals surface area contributed by atoms with Crippen LogP contribution in [-0.2, 0) is 9.53 Å². The van der Waals surface area contributed by atoms with E-state index >= 15 is 0 Å². The normalized spacial score (nSPS) is 1.77. The lowest BCUT2D eigenvalue weighted by Crippen LogP contribution is -1.95. The van der Waals surface area contributed by atoms with E-state index in [1.807, 2.05) is 0 Å². The summed E-state index contributed by atoms with van der Waals surface area (Å²) in [5.41, 5.74) is 0. The van der Waals surface area contributed by atoms with Gasteiger partial charge >= 0.3 is 5.97 Å². The average molecular weight is 817 g/mol. The molecule has 196 valence electrons. The summed E-state index contributed by atoms with van der Waals surface area (Å²) >= 11 is 0. The summed E-state index contributed by atoms with van der Waals surface area (Å²) in [5.74, 6) is -0.211. The lowest BCUT2D eigenvalue weighted by Gasteiger charge is -1.89. The topological polar surface area (TPSA) is 26.3 Å². The van der Waals surface area contributed by atoms with E-state index in [4.69, 9.17) is 0 Å². The molecule has 0 aromatic rings. The van der Waals surface area contributed by atoms with Crippen LogP contribution in [0.25, 0.3) is 0 Å². The first-order chi connectivity index (χ1) is 2.77. The van der Waals surface area contributed by atoms with E-state index in [1.54, 1.807) is 6.92 Å². The number of halogens is 20. The highest BCUT2D eigenvalue weighted by Crippen LogP contribution is 1.69. The fourth-order valence-corrected chi connectivity index (χ4v) is 0.203. The van der Waals surface area contributed by atoms with Crippen LogP contribution in [0.5, 0.6) is 0 Å². The predicted octanol–water partition coefficient (Wildman–Crippen LogP) is 9.01. The van der Waals surface area contributed by atoms with E-state index < -0.39 is 0 Å². The van der Waals surface area contributed by atoms with Crippen molar-refractivity contribution in [1.82, 2.24) is 0 Å². The lowest BCUT2D eigenvalue weighted by atomic mass is 10.8. The summed E-state index contributed by atoms with van der Waals surface area (Å²) in [6, 6.07) is 0. The van der Waals surface area contributed by atoms with Gasteiger partial charge in [0.25, 0.3) is 0 Å². The molecule has 0 aliphatic carbocycles. The van der Waals surface area contributed by atoms with Gasteiger partial charge in [-0.25, -0.2) is 0 Å². The minimum atomic E-state index is -0.211. The first-order valence-corrected chi connectivity index (χ1v) is 1.90. The Labute approximate surface area is 280 Å². The Morgan fingerprint density at radius 1 is 0.462 bits per heavy atom. The highest BCUT2D eigenvalue weighted by molar-refractivity contribution is 5.87. The molecule has 0 bridgehead atoms. The molecule has 26 heavy (non-hydrogen) atoms. The van der Waals surface area contributed by atoms with E-state index in [-0.39, 0.29) is 254 Å². The molecule has 0 atom stereocenters. The van der Waals surface area contributed by atoms with Crippen LogP contribution in [0, 0.1) is 0 Å². The predicted molar refractivity (Wildman–Crippen MR) is 167 cm³/mol. The fourth-order valence-electron chi connectivity index (χ4n) is 0.203. The molecule has 0 fully saturated rings. The summed E-state index contributed by atoms with van der Waals surface area (Å²) in [6.07, 6.45) is 0. The smallest absolute Gasteiger partial charge is 0.302 e. The third kappa shape index (κ3) is 342. The van der Waals surface area contributed by atoms with Crippen LogP contribution >= 0.6 is 248 Å². The molecule has 0 aromatic heterocycles. The van der Waals surface area contributed by atoms with Crippen molar-refractivity contribution in [3.05, 3.63) is 0 Å². The van der Waals surface area contributed by atoms with E-state index in [1.165, 1.54) is 6.92 Å². The maximum atomic E-state index is 9.82. The summed E-state index contributed by atoms with van der Waals surface area (Å²) in [7, 11) is 0. The number of hydrogen-bond donors (Lipinski definition) is 0. The summed E-state index contributed by atoms with van der Waals surface area (Å²) in [6.45, 7) is 3.65. The lowest BCUT2D eigenvalue weighted by molar-refractivity contribution is -0.140. The molecule has 0 radical (unpaired) electrons. The van der Waals surface area contributed by atoms with E-state index in [2.05, 4.69) is 4.74 Å². The van der Waals surface area contributed by atoms with Gasteiger partial charge in [0.1, 0.15) is 0 Å². The van der Waals surface area contributed by atoms with Gasteiger partial charge in [-0.15, -0.1) is 248 Å². The van der Waals surface area contributed by atoms with Gasteiger partial charge in [-0.05, 0) is 6.92 Å². The Morgan fingerprint density at radius 2 is 0.577 bits per heavy atom. The Kier molecular flexibility index (Phi) is 2570. The summed E-state index contributed by atoms with van der Waals surface area (Å²) in [4.78, 5) is 9.82. The van der Waals surface area contributed by atoms with E-state index in [9.17, 15) is 4.79 Å². The molecule has 0 rings (SSSR count). The molecule has 0 saturated heterocycles. The summed E-state index contributed by atoms with van der Waals surface area (Å²) < 4.78 is 4.40. The van der Waals surface area contributed by atoms with Crippen LogP contribution in [-0.4, -0.2) is 12.6 Å². The third-order valence-corrected chi connectivity index (χ3v) is 0.348. The highest BCUT2D eigenvalue weighted by atomic mass is 35.5. The molecule has 2 nitrogen and oxygen atoms in total.